The Kier molecular flexibility index (Phi) is 3.75. The summed E-state index contributed by atoms with van der Waals surface area (Å²) in [6.45, 7) is 7.19. The highest BCUT2D eigenvalue weighted by atomic mass is 31.2. The van der Waals surface area contributed by atoms with E-state index in [2.05, 4.69) is 0 Å². The standard InChI is InChI=1S/C7H17O3P/c1-5-7(3,4)10-11(8,9)6-2/h5-6H2,1-4H3,(H,8,9). The molecule has 68 valence electrons. The summed E-state index contributed by atoms with van der Waals surface area (Å²) in [5.74, 6) is 0. The van der Waals surface area contributed by atoms with Crippen molar-refractivity contribution >= 4 is 7.60 Å². The molecule has 3 nitrogen and oxygen atoms in total. The van der Waals surface area contributed by atoms with Gasteiger partial charge in [0.2, 0.25) is 0 Å². The SMILES string of the molecule is CCC(C)(C)OP(=O)(O)CC. The van der Waals surface area contributed by atoms with E-state index in [1.165, 1.54) is 0 Å². The van der Waals surface area contributed by atoms with E-state index in [4.69, 9.17) is 9.42 Å². The van der Waals surface area contributed by atoms with Gasteiger partial charge in [-0.05, 0) is 20.3 Å². The molecule has 0 aromatic carbocycles. The maximum Gasteiger partial charge on any atom is 0.328 e. The van der Waals surface area contributed by atoms with Crippen LogP contribution in [0, 0.1) is 0 Å². The summed E-state index contributed by atoms with van der Waals surface area (Å²) in [6, 6.07) is 0. The van der Waals surface area contributed by atoms with E-state index in [-0.39, 0.29) is 6.16 Å². The molecule has 0 aliphatic heterocycles. The third-order valence-electron chi connectivity index (χ3n) is 1.64. The largest absolute Gasteiger partial charge is 0.328 e. The van der Waals surface area contributed by atoms with Crippen molar-refractivity contribution in [3.8, 4) is 0 Å². The lowest BCUT2D eigenvalue weighted by molar-refractivity contribution is 0.0890. The van der Waals surface area contributed by atoms with Gasteiger partial charge in [-0.15, -0.1) is 0 Å². The zero-order chi connectivity index (χ0) is 9.12. The molecule has 0 amide bonds. The molecular weight excluding hydrogens is 163 g/mol. The fourth-order valence-electron chi connectivity index (χ4n) is 0.515. The first-order valence-corrected chi connectivity index (χ1v) is 5.62. The zero-order valence-electron chi connectivity index (χ0n) is 7.63. The first-order chi connectivity index (χ1) is 4.83. The summed E-state index contributed by atoms with van der Waals surface area (Å²) in [4.78, 5) is 9.12. The van der Waals surface area contributed by atoms with Crippen molar-refractivity contribution in [2.45, 2.75) is 39.7 Å². The Morgan fingerprint density at radius 1 is 1.45 bits per heavy atom. The summed E-state index contributed by atoms with van der Waals surface area (Å²) < 4.78 is 16.1. The fourth-order valence-corrected chi connectivity index (χ4v) is 1.55. The molecule has 0 saturated carbocycles. The number of hydrogen-bond donors (Lipinski definition) is 1. The van der Waals surface area contributed by atoms with Crippen molar-refractivity contribution < 1.29 is 14.0 Å². The van der Waals surface area contributed by atoms with Crippen LogP contribution in [0.15, 0.2) is 0 Å². The van der Waals surface area contributed by atoms with E-state index in [9.17, 15) is 4.57 Å². The van der Waals surface area contributed by atoms with E-state index in [1.54, 1.807) is 6.92 Å². The van der Waals surface area contributed by atoms with Crippen LogP contribution < -0.4 is 0 Å². The van der Waals surface area contributed by atoms with Gasteiger partial charge >= 0.3 is 7.60 Å². The third kappa shape index (κ3) is 4.57. The van der Waals surface area contributed by atoms with Crippen molar-refractivity contribution in [1.82, 2.24) is 0 Å². The van der Waals surface area contributed by atoms with Gasteiger partial charge in [0.15, 0.2) is 0 Å². The first-order valence-electron chi connectivity index (χ1n) is 3.85. The average Bonchev–Trinajstić information content (AvgIpc) is 1.86. The molecule has 1 unspecified atom stereocenters. The highest BCUT2D eigenvalue weighted by Crippen LogP contribution is 2.46. The lowest BCUT2D eigenvalue weighted by atomic mass is 10.1. The molecule has 0 saturated heterocycles. The van der Waals surface area contributed by atoms with E-state index < -0.39 is 13.2 Å². The molecule has 4 heteroatoms. The Bertz CT molecular complexity index is 165. The first kappa shape index (κ1) is 11.2. The van der Waals surface area contributed by atoms with Crippen molar-refractivity contribution in [2.24, 2.45) is 0 Å². The second-order valence-electron chi connectivity index (χ2n) is 3.16. The number of hydrogen-bond acceptors (Lipinski definition) is 2. The zero-order valence-corrected chi connectivity index (χ0v) is 8.52. The highest BCUT2D eigenvalue weighted by Gasteiger charge is 2.26. The summed E-state index contributed by atoms with van der Waals surface area (Å²) in [5, 5.41) is 0. The molecule has 1 N–H and O–H groups in total. The van der Waals surface area contributed by atoms with Crippen LogP contribution >= 0.6 is 7.60 Å². The van der Waals surface area contributed by atoms with Gasteiger partial charge in [0.25, 0.3) is 0 Å². The van der Waals surface area contributed by atoms with Crippen molar-refractivity contribution in [2.75, 3.05) is 6.16 Å². The molecule has 0 bridgehead atoms. The predicted octanol–water partition coefficient (Wildman–Crippen LogP) is 2.40. The van der Waals surface area contributed by atoms with Crippen LogP contribution in [-0.2, 0) is 9.09 Å². The molecule has 0 fully saturated rings. The molecule has 0 aliphatic carbocycles. The monoisotopic (exact) mass is 180 g/mol. The topological polar surface area (TPSA) is 46.5 Å². The second kappa shape index (κ2) is 3.70. The van der Waals surface area contributed by atoms with Gasteiger partial charge in [0.05, 0.1) is 5.60 Å². The Labute approximate surface area is 68.3 Å². The summed E-state index contributed by atoms with van der Waals surface area (Å²) in [7, 11) is -3.31. The quantitative estimate of drug-likeness (QED) is 0.675. The van der Waals surface area contributed by atoms with Crippen LogP contribution in [0.4, 0.5) is 0 Å². The molecule has 0 aliphatic rings. The normalized spacial score (nSPS) is 17.9. The molecule has 0 aromatic heterocycles. The molecular formula is C7H17O3P. The smallest absolute Gasteiger partial charge is 0.324 e. The van der Waals surface area contributed by atoms with Crippen molar-refractivity contribution in [3.05, 3.63) is 0 Å². The minimum Gasteiger partial charge on any atom is -0.324 e. The van der Waals surface area contributed by atoms with Gasteiger partial charge in [0, 0.05) is 6.16 Å². The maximum absolute atomic E-state index is 11.1. The van der Waals surface area contributed by atoms with Crippen LogP contribution in [0.5, 0.6) is 0 Å². The van der Waals surface area contributed by atoms with Gasteiger partial charge in [-0.25, -0.2) is 0 Å². The Morgan fingerprint density at radius 3 is 2.18 bits per heavy atom. The summed E-state index contributed by atoms with van der Waals surface area (Å²) in [6.07, 6.45) is 0.911. The average molecular weight is 180 g/mol. The fraction of sp³-hybridized carbons (Fsp3) is 1.00. The minimum absolute atomic E-state index is 0.177. The van der Waals surface area contributed by atoms with Gasteiger partial charge in [-0.2, -0.15) is 0 Å². The molecule has 0 aromatic rings. The van der Waals surface area contributed by atoms with E-state index in [0.29, 0.717) is 0 Å². The van der Waals surface area contributed by atoms with Crippen LogP contribution in [0.25, 0.3) is 0 Å². The summed E-state index contributed by atoms with van der Waals surface area (Å²) in [5.41, 5.74) is -0.486. The van der Waals surface area contributed by atoms with Gasteiger partial charge in [-0.3, -0.25) is 4.57 Å². The summed E-state index contributed by atoms with van der Waals surface area (Å²) >= 11 is 0. The van der Waals surface area contributed by atoms with E-state index in [0.717, 1.165) is 6.42 Å². The molecule has 0 rings (SSSR count). The van der Waals surface area contributed by atoms with Gasteiger partial charge in [0.1, 0.15) is 0 Å². The van der Waals surface area contributed by atoms with Crippen LogP contribution in [-0.4, -0.2) is 16.7 Å². The van der Waals surface area contributed by atoms with Crippen LogP contribution in [0.2, 0.25) is 0 Å². The van der Waals surface area contributed by atoms with Crippen molar-refractivity contribution in [3.63, 3.8) is 0 Å². The van der Waals surface area contributed by atoms with Gasteiger partial charge in [-0.1, -0.05) is 13.8 Å². The molecule has 0 spiro atoms. The maximum atomic E-state index is 11.1. The molecule has 11 heavy (non-hydrogen) atoms. The molecule has 0 radical (unpaired) electrons. The molecule has 1 atom stereocenters. The van der Waals surface area contributed by atoms with E-state index in [1.807, 2.05) is 20.8 Å². The highest BCUT2D eigenvalue weighted by molar-refractivity contribution is 7.52. The van der Waals surface area contributed by atoms with Crippen LogP contribution in [0.1, 0.15) is 34.1 Å². The minimum atomic E-state index is -3.31. The van der Waals surface area contributed by atoms with Crippen LogP contribution in [0.3, 0.4) is 0 Å². The predicted molar refractivity (Wildman–Crippen MR) is 45.8 cm³/mol. The Balaban J connectivity index is 4.14. The van der Waals surface area contributed by atoms with Gasteiger partial charge < -0.3 is 9.42 Å². The molecule has 0 heterocycles. The lowest BCUT2D eigenvalue weighted by Gasteiger charge is -2.25. The Morgan fingerprint density at radius 2 is 1.91 bits per heavy atom. The van der Waals surface area contributed by atoms with Crippen molar-refractivity contribution in [1.29, 1.82) is 0 Å². The van der Waals surface area contributed by atoms with E-state index >= 15 is 0 Å². The lowest BCUT2D eigenvalue weighted by Crippen LogP contribution is -2.21. The third-order valence-corrected chi connectivity index (χ3v) is 3.22. The Hall–Kier alpha value is 0.150. The second-order valence-corrected chi connectivity index (χ2v) is 5.25. The number of rotatable bonds is 4.